The van der Waals surface area contributed by atoms with E-state index in [-0.39, 0.29) is 12.4 Å². The third-order valence-electron chi connectivity index (χ3n) is 3.01. The molecule has 0 amide bonds. The van der Waals surface area contributed by atoms with Crippen molar-refractivity contribution in [2.75, 3.05) is 0 Å². The molecule has 1 heterocycles. The van der Waals surface area contributed by atoms with Gasteiger partial charge in [0.2, 0.25) is 0 Å². The van der Waals surface area contributed by atoms with E-state index < -0.39 is 5.56 Å². The van der Waals surface area contributed by atoms with E-state index in [9.17, 15) is 4.79 Å². The summed E-state index contributed by atoms with van der Waals surface area (Å²) in [5.74, 6) is 0.496. The predicted octanol–water partition coefficient (Wildman–Crippen LogP) is 2.71. The molecule has 0 aliphatic carbocycles. The predicted molar refractivity (Wildman–Crippen MR) is 78.1 cm³/mol. The highest BCUT2D eigenvalue weighted by atomic mass is 16.5. The third kappa shape index (κ3) is 2.47. The summed E-state index contributed by atoms with van der Waals surface area (Å²) in [5, 5.41) is 8.91. The molecule has 0 unspecified atom stereocenters. The molecular weight excluding hydrogens is 266 g/mol. The number of aromatic nitrogens is 2. The summed E-state index contributed by atoms with van der Waals surface area (Å²) in [6.07, 6.45) is 0. The van der Waals surface area contributed by atoms with Crippen LogP contribution in [-0.4, -0.2) is 9.55 Å². The summed E-state index contributed by atoms with van der Waals surface area (Å²) in [7, 11) is 0. The minimum Gasteiger partial charge on any atom is -0.435 e. The molecular formula is C16H11N3O2. The van der Waals surface area contributed by atoms with Gasteiger partial charge in [0.15, 0.2) is 0 Å². The molecule has 0 N–H and O–H groups in total. The molecule has 3 aromatic rings. The molecule has 0 radical (unpaired) electrons. The van der Waals surface area contributed by atoms with E-state index >= 15 is 0 Å². The Morgan fingerprint density at radius 3 is 2.57 bits per heavy atom. The zero-order valence-corrected chi connectivity index (χ0v) is 11.1. The summed E-state index contributed by atoms with van der Waals surface area (Å²) in [6.45, 7) is -0.0486. The van der Waals surface area contributed by atoms with Crippen LogP contribution in [-0.2, 0) is 6.54 Å². The molecule has 0 saturated heterocycles. The van der Waals surface area contributed by atoms with Crippen LogP contribution in [0.15, 0.2) is 59.4 Å². The Morgan fingerprint density at radius 2 is 1.81 bits per heavy atom. The molecule has 0 bridgehead atoms. The highest BCUT2D eigenvalue weighted by Gasteiger charge is 2.12. The van der Waals surface area contributed by atoms with Crippen LogP contribution < -0.4 is 10.3 Å². The van der Waals surface area contributed by atoms with Gasteiger partial charge in [-0.15, -0.1) is 0 Å². The van der Waals surface area contributed by atoms with Crippen molar-refractivity contribution < 1.29 is 4.74 Å². The van der Waals surface area contributed by atoms with Crippen molar-refractivity contribution in [2.45, 2.75) is 6.54 Å². The number of fused-ring (bicyclic) bond motifs is 1. The summed E-state index contributed by atoms with van der Waals surface area (Å²) < 4.78 is 6.91. The minimum absolute atomic E-state index is 0.0323. The fourth-order valence-corrected chi connectivity index (χ4v) is 2.06. The second-order valence-corrected chi connectivity index (χ2v) is 4.37. The summed E-state index contributed by atoms with van der Waals surface area (Å²) in [6, 6.07) is 18.1. The van der Waals surface area contributed by atoms with Crippen LogP contribution in [0.4, 0.5) is 0 Å². The average molecular weight is 277 g/mol. The average Bonchev–Trinajstić information content (AvgIpc) is 2.52. The van der Waals surface area contributed by atoms with E-state index in [4.69, 9.17) is 10.00 Å². The lowest BCUT2D eigenvalue weighted by molar-refractivity contribution is 0.451. The molecule has 3 rings (SSSR count). The Bertz CT molecular complexity index is 879. The van der Waals surface area contributed by atoms with Crippen LogP contribution in [0.3, 0.4) is 0 Å². The molecule has 21 heavy (non-hydrogen) atoms. The van der Waals surface area contributed by atoms with Crippen molar-refractivity contribution in [3.63, 3.8) is 0 Å². The molecule has 0 aliphatic rings. The number of nitrogens with zero attached hydrogens (tertiary/aromatic N) is 3. The van der Waals surface area contributed by atoms with Crippen molar-refractivity contribution in [3.05, 3.63) is 65.0 Å². The lowest BCUT2D eigenvalue weighted by Gasteiger charge is -2.09. The first kappa shape index (κ1) is 12.9. The van der Waals surface area contributed by atoms with E-state index in [1.807, 2.05) is 30.3 Å². The lowest BCUT2D eigenvalue weighted by Crippen LogP contribution is -2.22. The maximum atomic E-state index is 12.4. The maximum Gasteiger partial charge on any atom is 0.315 e. The Kier molecular flexibility index (Phi) is 3.36. The monoisotopic (exact) mass is 277 g/mol. The second-order valence-electron chi connectivity index (χ2n) is 4.37. The van der Waals surface area contributed by atoms with Crippen LogP contribution in [0, 0.1) is 11.3 Å². The van der Waals surface area contributed by atoms with Gasteiger partial charge in [-0.05, 0) is 24.3 Å². The fourth-order valence-electron chi connectivity index (χ4n) is 2.06. The van der Waals surface area contributed by atoms with Gasteiger partial charge in [0.05, 0.1) is 17.1 Å². The standard InChI is InChI=1S/C16H11N3O2/c17-10-11-19-14-9-5-4-8-13(14)18-15(16(19)20)21-12-6-2-1-3-7-12/h1-9H,11H2. The van der Waals surface area contributed by atoms with Crippen LogP contribution in [0.2, 0.25) is 0 Å². The summed E-state index contributed by atoms with van der Waals surface area (Å²) in [5.41, 5.74) is 0.807. The van der Waals surface area contributed by atoms with Gasteiger partial charge < -0.3 is 4.74 Å². The first-order chi connectivity index (χ1) is 10.3. The van der Waals surface area contributed by atoms with Gasteiger partial charge in [0, 0.05) is 0 Å². The summed E-state index contributed by atoms with van der Waals surface area (Å²) >= 11 is 0. The van der Waals surface area contributed by atoms with Crippen molar-refractivity contribution >= 4 is 11.0 Å². The molecule has 0 fully saturated rings. The van der Waals surface area contributed by atoms with E-state index in [0.29, 0.717) is 16.8 Å². The van der Waals surface area contributed by atoms with E-state index in [1.165, 1.54) is 4.57 Å². The van der Waals surface area contributed by atoms with E-state index in [0.717, 1.165) is 0 Å². The van der Waals surface area contributed by atoms with Crippen LogP contribution in [0.5, 0.6) is 11.6 Å². The molecule has 2 aromatic carbocycles. The zero-order valence-electron chi connectivity index (χ0n) is 11.1. The minimum atomic E-state index is -0.417. The van der Waals surface area contributed by atoms with Crippen molar-refractivity contribution in [1.82, 2.24) is 9.55 Å². The highest BCUT2D eigenvalue weighted by molar-refractivity contribution is 5.75. The van der Waals surface area contributed by atoms with Crippen molar-refractivity contribution in [1.29, 1.82) is 5.26 Å². The van der Waals surface area contributed by atoms with Crippen molar-refractivity contribution in [3.8, 4) is 17.7 Å². The molecule has 102 valence electrons. The summed E-state index contributed by atoms with van der Waals surface area (Å²) in [4.78, 5) is 16.6. The van der Waals surface area contributed by atoms with Crippen LogP contribution in [0.25, 0.3) is 11.0 Å². The van der Waals surface area contributed by atoms with E-state index in [2.05, 4.69) is 4.98 Å². The Morgan fingerprint density at radius 1 is 1.10 bits per heavy atom. The molecule has 5 nitrogen and oxygen atoms in total. The number of hydrogen-bond acceptors (Lipinski definition) is 4. The highest BCUT2D eigenvalue weighted by Crippen LogP contribution is 2.18. The fraction of sp³-hybridized carbons (Fsp3) is 0.0625. The van der Waals surface area contributed by atoms with E-state index in [1.54, 1.807) is 30.3 Å². The Labute approximate surface area is 120 Å². The van der Waals surface area contributed by atoms with Crippen molar-refractivity contribution in [2.24, 2.45) is 0 Å². The number of benzene rings is 2. The van der Waals surface area contributed by atoms with Crippen LogP contribution in [0.1, 0.15) is 0 Å². The number of nitriles is 1. The SMILES string of the molecule is N#CCn1c(=O)c(Oc2ccccc2)nc2ccccc21. The van der Waals surface area contributed by atoms with Gasteiger partial charge in [-0.1, -0.05) is 30.3 Å². The van der Waals surface area contributed by atoms with Gasteiger partial charge in [-0.2, -0.15) is 5.26 Å². The lowest BCUT2D eigenvalue weighted by atomic mass is 10.3. The maximum absolute atomic E-state index is 12.4. The molecule has 1 aromatic heterocycles. The van der Waals surface area contributed by atoms with Crippen LogP contribution >= 0.6 is 0 Å². The van der Waals surface area contributed by atoms with Gasteiger partial charge >= 0.3 is 5.56 Å². The molecule has 5 heteroatoms. The smallest absolute Gasteiger partial charge is 0.315 e. The number of para-hydroxylation sites is 3. The molecule has 0 aliphatic heterocycles. The molecule has 0 atom stereocenters. The zero-order chi connectivity index (χ0) is 14.7. The van der Waals surface area contributed by atoms with Gasteiger partial charge in [0.1, 0.15) is 12.3 Å². The number of rotatable bonds is 3. The molecule has 0 saturated carbocycles. The first-order valence-corrected chi connectivity index (χ1v) is 6.39. The Balaban J connectivity index is 2.17. The second kappa shape index (κ2) is 5.47. The Hall–Kier alpha value is -3.13. The number of ether oxygens (including phenoxy) is 1. The third-order valence-corrected chi connectivity index (χ3v) is 3.01. The van der Waals surface area contributed by atoms with Gasteiger partial charge in [-0.3, -0.25) is 9.36 Å². The largest absolute Gasteiger partial charge is 0.435 e. The topological polar surface area (TPSA) is 67.9 Å². The molecule has 0 spiro atoms. The van der Waals surface area contributed by atoms with Gasteiger partial charge in [0.25, 0.3) is 5.88 Å². The quantitative estimate of drug-likeness (QED) is 0.738. The normalized spacial score (nSPS) is 10.2. The first-order valence-electron chi connectivity index (χ1n) is 6.39. The number of hydrogen-bond donors (Lipinski definition) is 0. The van der Waals surface area contributed by atoms with Gasteiger partial charge in [-0.25, -0.2) is 4.98 Å².